The van der Waals surface area contributed by atoms with Crippen molar-refractivity contribution in [3.05, 3.63) is 47.7 Å². The number of hydrogen-bond acceptors (Lipinski definition) is 4. The first-order valence-electron chi connectivity index (χ1n) is 7.16. The average Bonchev–Trinajstić information content (AvgIpc) is 2.48. The van der Waals surface area contributed by atoms with E-state index in [9.17, 15) is 0 Å². The van der Waals surface area contributed by atoms with Crippen molar-refractivity contribution in [3.8, 4) is 0 Å². The van der Waals surface area contributed by atoms with Crippen LogP contribution in [0.1, 0.15) is 43.9 Å². The van der Waals surface area contributed by atoms with Crippen LogP contribution in [0.25, 0.3) is 0 Å². The van der Waals surface area contributed by atoms with E-state index in [1.165, 1.54) is 5.56 Å². The van der Waals surface area contributed by atoms with Crippen molar-refractivity contribution in [2.45, 2.75) is 40.2 Å². The fourth-order valence-electron chi connectivity index (χ4n) is 2.38. The molecular weight excluding hydrogens is 248 g/mol. The van der Waals surface area contributed by atoms with Crippen LogP contribution in [0.3, 0.4) is 0 Å². The Morgan fingerprint density at radius 2 is 2.05 bits per heavy atom. The van der Waals surface area contributed by atoms with Gasteiger partial charge in [-0.25, -0.2) is 9.97 Å². The molecule has 0 N–H and O–H groups in total. The molecule has 1 atom stereocenters. The molecule has 0 aromatic carbocycles. The highest BCUT2D eigenvalue weighted by molar-refractivity contribution is 5.43. The molecule has 2 rings (SSSR count). The van der Waals surface area contributed by atoms with Crippen molar-refractivity contribution in [1.29, 1.82) is 0 Å². The van der Waals surface area contributed by atoms with Gasteiger partial charge in [-0.05, 0) is 38.8 Å². The summed E-state index contributed by atoms with van der Waals surface area (Å²) < 4.78 is 0. The Morgan fingerprint density at radius 3 is 2.65 bits per heavy atom. The minimum absolute atomic E-state index is 0.243. The van der Waals surface area contributed by atoms with Gasteiger partial charge in [-0.15, -0.1) is 0 Å². The molecule has 0 aliphatic carbocycles. The van der Waals surface area contributed by atoms with E-state index in [0.717, 1.165) is 30.3 Å². The van der Waals surface area contributed by atoms with Crippen LogP contribution < -0.4 is 4.90 Å². The molecule has 20 heavy (non-hydrogen) atoms. The van der Waals surface area contributed by atoms with Gasteiger partial charge in [0.1, 0.15) is 11.6 Å². The predicted molar refractivity (Wildman–Crippen MR) is 81.8 cm³/mol. The number of rotatable bonds is 5. The summed E-state index contributed by atoms with van der Waals surface area (Å²) in [6.45, 7) is 9.30. The topological polar surface area (TPSA) is 41.9 Å². The van der Waals surface area contributed by atoms with Gasteiger partial charge in [0.2, 0.25) is 0 Å². The zero-order valence-electron chi connectivity index (χ0n) is 12.7. The third-order valence-electron chi connectivity index (χ3n) is 3.51. The summed E-state index contributed by atoms with van der Waals surface area (Å²) in [5.74, 6) is 1.82. The Kier molecular flexibility index (Phi) is 4.66. The SMILES string of the molecule is CCc1cc(N(CC)C(C)c2cccnc2)nc(C)n1. The van der Waals surface area contributed by atoms with E-state index >= 15 is 0 Å². The molecule has 0 bridgehead atoms. The van der Waals surface area contributed by atoms with Crippen LogP contribution in [0, 0.1) is 6.92 Å². The number of anilines is 1. The summed E-state index contributed by atoms with van der Waals surface area (Å²) in [6.07, 6.45) is 4.65. The zero-order valence-corrected chi connectivity index (χ0v) is 12.7. The lowest BCUT2D eigenvalue weighted by molar-refractivity contribution is 0.672. The lowest BCUT2D eigenvalue weighted by atomic mass is 10.1. The van der Waals surface area contributed by atoms with E-state index in [1.807, 2.05) is 19.2 Å². The minimum Gasteiger partial charge on any atom is -0.350 e. The summed E-state index contributed by atoms with van der Waals surface area (Å²) in [4.78, 5) is 15.5. The Hall–Kier alpha value is -1.97. The largest absolute Gasteiger partial charge is 0.350 e. The monoisotopic (exact) mass is 270 g/mol. The molecule has 0 saturated carbocycles. The molecule has 0 spiro atoms. The van der Waals surface area contributed by atoms with E-state index in [0.29, 0.717) is 0 Å². The van der Waals surface area contributed by atoms with Crippen molar-refractivity contribution in [3.63, 3.8) is 0 Å². The maximum absolute atomic E-state index is 4.59. The van der Waals surface area contributed by atoms with Gasteiger partial charge in [0.25, 0.3) is 0 Å². The third-order valence-corrected chi connectivity index (χ3v) is 3.51. The molecular formula is C16H22N4. The first-order chi connectivity index (χ1) is 9.65. The zero-order chi connectivity index (χ0) is 14.5. The molecule has 106 valence electrons. The highest BCUT2D eigenvalue weighted by Gasteiger charge is 2.17. The van der Waals surface area contributed by atoms with E-state index in [1.54, 1.807) is 6.20 Å². The summed E-state index contributed by atoms with van der Waals surface area (Å²) >= 11 is 0. The molecule has 0 aliphatic heterocycles. The van der Waals surface area contributed by atoms with E-state index in [4.69, 9.17) is 0 Å². The normalized spacial score (nSPS) is 12.2. The lowest BCUT2D eigenvalue weighted by Gasteiger charge is -2.29. The van der Waals surface area contributed by atoms with Gasteiger partial charge in [-0.3, -0.25) is 4.98 Å². The second kappa shape index (κ2) is 6.46. The van der Waals surface area contributed by atoms with E-state index < -0.39 is 0 Å². The molecule has 4 heteroatoms. The van der Waals surface area contributed by atoms with Crippen LogP contribution in [0.15, 0.2) is 30.6 Å². The molecule has 2 aromatic rings. The van der Waals surface area contributed by atoms with Crippen LogP contribution in [-0.2, 0) is 6.42 Å². The molecule has 4 nitrogen and oxygen atoms in total. The van der Waals surface area contributed by atoms with Gasteiger partial charge in [0.15, 0.2) is 0 Å². The van der Waals surface area contributed by atoms with Crippen molar-refractivity contribution in [1.82, 2.24) is 15.0 Å². The molecule has 0 saturated heterocycles. The van der Waals surface area contributed by atoms with E-state index in [2.05, 4.69) is 52.8 Å². The molecule has 0 fully saturated rings. The molecule has 2 heterocycles. The molecule has 1 unspecified atom stereocenters. The number of nitrogens with zero attached hydrogens (tertiary/aromatic N) is 4. The van der Waals surface area contributed by atoms with Gasteiger partial charge >= 0.3 is 0 Å². The summed E-state index contributed by atoms with van der Waals surface area (Å²) in [7, 11) is 0. The van der Waals surface area contributed by atoms with Gasteiger partial charge in [0.05, 0.1) is 6.04 Å². The Bertz CT molecular complexity index is 554. The Balaban J connectivity index is 2.35. The average molecular weight is 270 g/mol. The van der Waals surface area contributed by atoms with Crippen molar-refractivity contribution < 1.29 is 0 Å². The van der Waals surface area contributed by atoms with Crippen LogP contribution in [-0.4, -0.2) is 21.5 Å². The molecule has 0 amide bonds. The third kappa shape index (κ3) is 3.13. The highest BCUT2D eigenvalue weighted by Crippen LogP contribution is 2.25. The van der Waals surface area contributed by atoms with Crippen LogP contribution >= 0.6 is 0 Å². The first kappa shape index (κ1) is 14.4. The maximum atomic E-state index is 4.59. The highest BCUT2D eigenvalue weighted by atomic mass is 15.2. The van der Waals surface area contributed by atoms with Crippen LogP contribution in [0.5, 0.6) is 0 Å². The smallest absolute Gasteiger partial charge is 0.133 e. The Labute approximate surface area is 120 Å². The minimum atomic E-state index is 0.243. The fourth-order valence-corrected chi connectivity index (χ4v) is 2.38. The van der Waals surface area contributed by atoms with Gasteiger partial charge in [-0.1, -0.05) is 13.0 Å². The predicted octanol–water partition coefficient (Wildman–Crippen LogP) is 3.33. The van der Waals surface area contributed by atoms with Crippen LogP contribution in [0.4, 0.5) is 5.82 Å². The van der Waals surface area contributed by atoms with Crippen molar-refractivity contribution in [2.24, 2.45) is 0 Å². The Morgan fingerprint density at radius 1 is 1.25 bits per heavy atom. The summed E-state index contributed by atoms with van der Waals surface area (Å²) in [5.41, 5.74) is 2.29. The van der Waals surface area contributed by atoms with Crippen molar-refractivity contribution >= 4 is 5.82 Å². The number of pyridine rings is 1. The standard InChI is InChI=1S/C16H22N4/c1-5-15-10-16(19-13(4)18-15)20(6-2)12(3)14-8-7-9-17-11-14/h7-12H,5-6H2,1-4H3. The van der Waals surface area contributed by atoms with Gasteiger partial charge < -0.3 is 4.90 Å². The number of aryl methyl sites for hydroxylation is 2. The fraction of sp³-hybridized carbons (Fsp3) is 0.438. The second-order valence-electron chi connectivity index (χ2n) is 4.87. The van der Waals surface area contributed by atoms with E-state index in [-0.39, 0.29) is 6.04 Å². The van der Waals surface area contributed by atoms with Gasteiger partial charge in [0, 0.05) is 30.7 Å². The molecule has 0 aliphatic rings. The van der Waals surface area contributed by atoms with Crippen LogP contribution in [0.2, 0.25) is 0 Å². The maximum Gasteiger partial charge on any atom is 0.133 e. The first-order valence-corrected chi connectivity index (χ1v) is 7.16. The van der Waals surface area contributed by atoms with Crippen molar-refractivity contribution in [2.75, 3.05) is 11.4 Å². The molecule has 2 aromatic heterocycles. The molecule has 0 radical (unpaired) electrons. The second-order valence-corrected chi connectivity index (χ2v) is 4.87. The number of aromatic nitrogens is 3. The quantitative estimate of drug-likeness (QED) is 0.835. The number of hydrogen-bond donors (Lipinski definition) is 0. The summed E-state index contributed by atoms with van der Waals surface area (Å²) in [5, 5.41) is 0. The lowest BCUT2D eigenvalue weighted by Crippen LogP contribution is -2.28. The van der Waals surface area contributed by atoms with Gasteiger partial charge in [-0.2, -0.15) is 0 Å². The summed E-state index contributed by atoms with van der Waals surface area (Å²) in [6, 6.07) is 6.41.